The maximum absolute atomic E-state index is 11.8. The minimum atomic E-state index is -0.719. The number of nitro groups is 1. The van der Waals surface area contributed by atoms with Crippen LogP contribution >= 0.6 is 11.6 Å². The van der Waals surface area contributed by atoms with Crippen molar-refractivity contribution in [3.8, 4) is 0 Å². The van der Waals surface area contributed by atoms with E-state index < -0.39 is 10.9 Å². The maximum Gasteiger partial charge on any atom is 0.339 e. The van der Waals surface area contributed by atoms with E-state index in [1.165, 1.54) is 13.2 Å². The zero-order valence-electron chi connectivity index (χ0n) is 14.9. The lowest BCUT2D eigenvalue weighted by atomic mass is 10.1. The number of methoxy groups -OCH3 is 1. The molecule has 27 heavy (non-hydrogen) atoms. The SMILES string of the molecule is COC(=O)c1cc([N+](=O)[O-])c(N2CCOC(Cn3cc(C)cn3)C2)cc1Cl. The topological polar surface area (TPSA) is 99.7 Å². The van der Waals surface area contributed by atoms with Crippen molar-refractivity contribution in [2.45, 2.75) is 19.6 Å². The molecule has 1 aromatic heterocycles. The molecule has 0 aliphatic carbocycles. The van der Waals surface area contributed by atoms with Gasteiger partial charge < -0.3 is 14.4 Å². The third-order valence-corrected chi connectivity index (χ3v) is 4.61. The van der Waals surface area contributed by atoms with Gasteiger partial charge in [-0.1, -0.05) is 11.6 Å². The Morgan fingerprint density at radius 2 is 2.30 bits per heavy atom. The molecule has 1 fully saturated rings. The Bertz CT molecular complexity index is 869. The van der Waals surface area contributed by atoms with E-state index in [1.807, 2.05) is 18.0 Å². The van der Waals surface area contributed by atoms with Gasteiger partial charge >= 0.3 is 5.97 Å². The summed E-state index contributed by atoms with van der Waals surface area (Å²) in [5.41, 5.74) is 1.16. The van der Waals surface area contributed by atoms with Gasteiger partial charge in [-0.05, 0) is 18.6 Å². The second-order valence-corrected chi connectivity index (χ2v) is 6.66. The van der Waals surface area contributed by atoms with Gasteiger partial charge in [-0.3, -0.25) is 14.8 Å². The average Bonchev–Trinajstić information content (AvgIpc) is 3.05. The number of carbonyl (C=O) groups excluding carboxylic acids is 1. The molecule has 3 rings (SSSR count). The molecule has 144 valence electrons. The van der Waals surface area contributed by atoms with E-state index in [-0.39, 0.29) is 22.4 Å². The van der Waals surface area contributed by atoms with Crippen molar-refractivity contribution in [2.24, 2.45) is 0 Å². The largest absolute Gasteiger partial charge is 0.465 e. The maximum atomic E-state index is 11.8. The van der Waals surface area contributed by atoms with E-state index >= 15 is 0 Å². The first-order valence-corrected chi connectivity index (χ1v) is 8.68. The number of halogens is 1. The van der Waals surface area contributed by atoms with Crippen LogP contribution in [0.3, 0.4) is 0 Å². The number of nitrogens with zero attached hydrogens (tertiary/aromatic N) is 4. The quantitative estimate of drug-likeness (QED) is 0.436. The van der Waals surface area contributed by atoms with E-state index in [2.05, 4.69) is 9.84 Å². The van der Waals surface area contributed by atoms with Gasteiger partial charge in [-0.2, -0.15) is 5.10 Å². The Balaban J connectivity index is 1.86. The second kappa shape index (κ2) is 7.93. The fourth-order valence-corrected chi connectivity index (χ4v) is 3.28. The van der Waals surface area contributed by atoms with Crippen LogP contribution < -0.4 is 4.90 Å². The first kappa shape index (κ1) is 19.1. The summed E-state index contributed by atoms with van der Waals surface area (Å²) >= 11 is 6.17. The van der Waals surface area contributed by atoms with Crippen molar-refractivity contribution in [3.05, 3.63) is 50.8 Å². The Hall–Kier alpha value is -2.65. The van der Waals surface area contributed by atoms with Gasteiger partial charge in [0.1, 0.15) is 5.69 Å². The molecular weight excluding hydrogens is 376 g/mol. The number of carbonyl (C=O) groups is 1. The summed E-state index contributed by atoms with van der Waals surface area (Å²) in [5, 5.41) is 15.9. The molecule has 0 N–H and O–H groups in total. The lowest BCUT2D eigenvalue weighted by Gasteiger charge is -2.34. The summed E-state index contributed by atoms with van der Waals surface area (Å²) in [6.45, 7) is 3.81. The van der Waals surface area contributed by atoms with Gasteiger partial charge in [-0.25, -0.2) is 4.79 Å². The average molecular weight is 395 g/mol. The molecular formula is C17H19ClN4O5. The van der Waals surface area contributed by atoms with Crippen LogP contribution in [0.15, 0.2) is 24.5 Å². The van der Waals surface area contributed by atoms with E-state index in [0.717, 1.165) is 11.6 Å². The second-order valence-electron chi connectivity index (χ2n) is 6.25. The van der Waals surface area contributed by atoms with Gasteiger partial charge in [0.15, 0.2) is 0 Å². The Morgan fingerprint density at radius 3 is 2.93 bits per heavy atom. The third kappa shape index (κ3) is 4.20. The molecule has 9 nitrogen and oxygen atoms in total. The predicted molar refractivity (Wildman–Crippen MR) is 98.4 cm³/mol. The van der Waals surface area contributed by atoms with Crippen LogP contribution in [0.25, 0.3) is 0 Å². The number of aryl methyl sites for hydroxylation is 1. The van der Waals surface area contributed by atoms with Crippen LogP contribution in [0.5, 0.6) is 0 Å². The molecule has 1 atom stereocenters. The number of nitro benzene ring substituents is 1. The number of aromatic nitrogens is 2. The first-order chi connectivity index (χ1) is 12.9. The molecule has 2 heterocycles. The number of ether oxygens (including phenoxy) is 2. The number of esters is 1. The van der Waals surface area contributed by atoms with Crippen molar-refractivity contribution < 1.29 is 19.2 Å². The fourth-order valence-electron chi connectivity index (χ4n) is 3.04. The molecule has 0 saturated carbocycles. The smallest absolute Gasteiger partial charge is 0.339 e. The molecule has 0 radical (unpaired) electrons. The number of hydrogen-bond donors (Lipinski definition) is 0. The van der Waals surface area contributed by atoms with Gasteiger partial charge in [0.2, 0.25) is 0 Å². The predicted octanol–water partition coefficient (Wildman–Crippen LogP) is 2.45. The summed E-state index contributed by atoms with van der Waals surface area (Å²) in [6.07, 6.45) is 3.49. The standard InChI is InChI=1S/C17H19ClN4O5/c1-11-7-19-21(8-11)10-12-9-20(3-4-27-12)15-6-14(18)13(17(23)26-2)5-16(15)22(24)25/h5-8,12H,3-4,9-10H2,1-2H3. The Morgan fingerprint density at radius 1 is 1.52 bits per heavy atom. The molecule has 0 amide bonds. The van der Waals surface area contributed by atoms with Crippen molar-refractivity contribution >= 4 is 28.9 Å². The molecule has 1 aliphatic heterocycles. The minimum Gasteiger partial charge on any atom is -0.465 e. The summed E-state index contributed by atoms with van der Waals surface area (Å²) in [4.78, 5) is 24.6. The molecule has 1 unspecified atom stereocenters. The highest BCUT2D eigenvalue weighted by atomic mass is 35.5. The molecule has 2 aromatic rings. The van der Waals surface area contributed by atoms with Gasteiger partial charge in [0.25, 0.3) is 5.69 Å². The van der Waals surface area contributed by atoms with Crippen LogP contribution in [-0.2, 0) is 16.0 Å². The minimum absolute atomic E-state index is 0.0357. The normalized spacial score (nSPS) is 17.0. The number of hydrogen-bond acceptors (Lipinski definition) is 7. The molecule has 0 bridgehead atoms. The monoisotopic (exact) mass is 394 g/mol. The number of anilines is 1. The van der Waals surface area contributed by atoms with E-state index in [1.54, 1.807) is 10.9 Å². The van der Waals surface area contributed by atoms with Crippen LogP contribution in [0.2, 0.25) is 5.02 Å². The third-order valence-electron chi connectivity index (χ3n) is 4.30. The van der Waals surface area contributed by atoms with Crippen LogP contribution in [0, 0.1) is 17.0 Å². The Kier molecular flexibility index (Phi) is 5.62. The van der Waals surface area contributed by atoms with E-state index in [0.29, 0.717) is 31.9 Å². The summed E-state index contributed by atoms with van der Waals surface area (Å²) in [6, 6.07) is 2.59. The lowest BCUT2D eigenvalue weighted by molar-refractivity contribution is -0.384. The zero-order valence-corrected chi connectivity index (χ0v) is 15.7. The van der Waals surface area contributed by atoms with Gasteiger partial charge in [-0.15, -0.1) is 0 Å². The number of benzene rings is 1. The molecule has 0 spiro atoms. The lowest BCUT2D eigenvalue weighted by Crippen LogP contribution is -2.44. The van der Waals surface area contributed by atoms with Gasteiger partial charge in [0.05, 0.1) is 48.1 Å². The van der Waals surface area contributed by atoms with Crippen LogP contribution in [-0.4, -0.2) is 53.6 Å². The molecule has 1 aromatic carbocycles. The van der Waals surface area contributed by atoms with Crippen LogP contribution in [0.4, 0.5) is 11.4 Å². The highest BCUT2D eigenvalue weighted by Gasteiger charge is 2.29. The van der Waals surface area contributed by atoms with Crippen molar-refractivity contribution in [3.63, 3.8) is 0 Å². The summed E-state index contributed by atoms with van der Waals surface area (Å²) in [5.74, 6) is -0.719. The number of rotatable bonds is 5. The highest BCUT2D eigenvalue weighted by molar-refractivity contribution is 6.34. The van der Waals surface area contributed by atoms with Crippen molar-refractivity contribution in [2.75, 3.05) is 31.7 Å². The van der Waals surface area contributed by atoms with Gasteiger partial charge in [0, 0.05) is 25.4 Å². The first-order valence-electron chi connectivity index (χ1n) is 8.31. The summed E-state index contributed by atoms with van der Waals surface area (Å²) in [7, 11) is 1.20. The molecule has 10 heteroatoms. The summed E-state index contributed by atoms with van der Waals surface area (Å²) < 4.78 is 12.2. The number of morpholine rings is 1. The highest BCUT2D eigenvalue weighted by Crippen LogP contribution is 2.35. The van der Waals surface area contributed by atoms with E-state index in [4.69, 9.17) is 16.3 Å². The molecule has 1 saturated heterocycles. The fraction of sp³-hybridized carbons (Fsp3) is 0.412. The van der Waals surface area contributed by atoms with Crippen molar-refractivity contribution in [1.29, 1.82) is 0 Å². The zero-order chi connectivity index (χ0) is 19.6. The van der Waals surface area contributed by atoms with Crippen molar-refractivity contribution in [1.82, 2.24) is 9.78 Å². The Labute approximate surface area is 160 Å². The van der Waals surface area contributed by atoms with Crippen LogP contribution in [0.1, 0.15) is 15.9 Å². The molecule has 1 aliphatic rings. The van der Waals surface area contributed by atoms with E-state index in [9.17, 15) is 14.9 Å².